The fourth-order valence-electron chi connectivity index (χ4n) is 4.03. The van der Waals surface area contributed by atoms with Crippen LogP contribution in [0.15, 0.2) is 22.9 Å². The van der Waals surface area contributed by atoms with Gasteiger partial charge in [0.1, 0.15) is 6.10 Å². The van der Waals surface area contributed by atoms with Gasteiger partial charge in [-0.2, -0.15) is 5.10 Å². The van der Waals surface area contributed by atoms with E-state index in [1.165, 1.54) is 0 Å². The minimum absolute atomic E-state index is 0.120. The van der Waals surface area contributed by atoms with Crippen molar-refractivity contribution < 1.29 is 9.15 Å². The van der Waals surface area contributed by atoms with Gasteiger partial charge in [0.2, 0.25) is 11.8 Å². The second-order valence-corrected chi connectivity index (χ2v) is 7.92. The van der Waals surface area contributed by atoms with Crippen molar-refractivity contribution in [2.24, 2.45) is 16.7 Å². The number of nitrogens with zero attached hydrogens (tertiary/aromatic N) is 4. The zero-order valence-corrected chi connectivity index (χ0v) is 14.2. The van der Waals surface area contributed by atoms with Crippen LogP contribution in [0.1, 0.15) is 57.9 Å². The van der Waals surface area contributed by atoms with Gasteiger partial charge in [0.05, 0.1) is 0 Å². The zero-order chi connectivity index (χ0) is 16.2. The van der Waals surface area contributed by atoms with Crippen LogP contribution in [0.3, 0.4) is 0 Å². The van der Waals surface area contributed by atoms with Gasteiger partial charge < -0.3 is 9.15 Å². The maximum Gasteiger partial charge on any atom is 0.245 e. The molecule has 2 aromatic rings. The van der Waals surface area contributed by atoms with Crippen LogP contribution in [0.25, 0.3) is 0 Å². The Labute approximate surface area is 136 Å². The molecule has 0 N–H and O–H groups in total. The first-order valence-electron chi connectivity index (χ1n) is 8.33. The van der Waals surface area contributed by atoms with Gasteiger partial charge in [0.25, 0.3) is 0 Å². The van der Waals surface area contributed by atoms with Gasteiger partial charge in [0, 0.05) is 37.4 Å². The Balaban J connectivity index is 1.52. The van der Waals surface area contributed by atoms with Crippen molar-refractivity contribution in [1.29, 1.82) is 0 Å². The predicted molar refractivity (Wildman–Crippen MR) is 83.6 cm³/mol. The molecule has 2 aliphatic rings. The summed E-state index contributed by atoms with van der Waals surface area (Å²) in [4.78, 5) is 0. The molecule has 0 radical (unpaired) electrons. The van der Waals surface area contributed by atoms with Crippen LogP contribution in [0, 0.1) is 16.7 Å². The first-order valence-corrected chi connectivity index (χ1v) is 8.33. The van der Waals surface area contributed by atoms with E-state index in [4.69, 9.17) is 9.15 Å². The molecule has 124 valence electrons. The third-order valence-electron chi connectivity index (χ3n) is 6.16. The summed E-state index contributed by atoms with van der Waals surface area (Å²) in [5.74, 6) is 2.02. The van der Waals surface area contributed by atoms with Crippen LogP contribution in [-0.4, -0.2) is 26.6 Å². The average molecular weight is 316 g/mol. The number of ether oxygens (including phenoxy) is 1. The highest BCUT2D eigenvalue weighted by Crippen LogP contribution is 2.73. The monoisotopic (exact) mass is 316 g/mol. The van der Waals surface area contributed by atoms with E-state index in [-0.39, 0.29) is 16.9 Å². The maximum atomic E-state index is 6.04. The van der Waals surface area contributed by atoms with E-state index in [0.717, 1.165) is 25.5 Å². The Hall–Kier alpha value is -1.69. The molecule has 2 aromatic heterocycles. The molecule has 6 nitrogen and oxygen atoms in total. The summed E-state index contributed by atoms with van der Waals surface area (Å²) in [5, 5.41) is 12.9. The van der Waals surface area contributed by atoms with Crippen molar-refractivity contribution in [2.75, 3.05) is 6.61 Å². The number of rotatable bonds is 4. The molecule has 1 saturated heterocycles. The quantitative estimate of drug-likeness (QED) is 0.866. The molecule has 2 fully saturated rings. The summed E-state index contributed by atoms with van der Waals surface area (Å²) in [6.07, 6.45) is 4.64. The number of aromatic nitrogens is 4. The summed E-state index contributed by atoms with van der Waals surface area (Å²) in [5.41, 5.74) is 0.392. The van der Waals surface area contributed by atoms with Crippen LogP contribution in [0.2, 0.25) is 0 Å². The normalized spacial score (nSPS) is 29.0. The third kappa shape index (κ3) is 2.23. The summed E-state index contributed by atoms with van der Waals surface area (Å²) in [6.45, 7) is 10.6. The Morgan fingerprint density at radius 1 is 1.17 bits per heavy atom. The highest BCUT2D eigenvalue weighted by molar-refractivity contribution is 5.24. The summed E-state index contributed by atoms with van der Waals surface area (Å²) < 4.78 is 13.9. The second kappa shape index (κ2) is 4.90. The second-order valence-electron chi connectivity index (χ2n) is 7.92. The van der Waals surface area contributed by atoms with Gasteiger partial charge in [-0.3, -0.25) is 4.68 Å². The lowest BCUT2D eigenvalue weighted by molar-refractivity contribution is 0.0618. The summed E-state index contributed by atoms with van der Waals surface area (Å²) in [6, 6.07) is 1.94. The standard InChI is InChI=1S/C17H24N4O2/c1-16(2)13(17(16,3)4)15-20-19-14(23-15)12-11(6-9-22-12)10-21-8-5-7-18-21/h5,7-8,11-13H,6,9-10H2,1-4H3/t11-,12-/m0/s1. The van der Waals surface area contributed by atoms with Crippen LogP contribution in [0.4, 0.5) is 0 Å². The Kier molecular flexibility index (Phi) is 3.17. The van der Waals surface area contributed by atoms with Gasteiger partial charge in [-0.05, 0) is 23.3 Å². The van der Waals surface area contributed by atoms with E-state index < -0.39 is 0 Å². The third-order valence-corrected chi connectivity index (χ3v) is 6.16. The van der Waals surface area contributed by atoms with E-state index in [1.807, 2.05) is 16.9 Å². The molecule has 1 aliphatic carbocycles. The first-order chi connectivity index (χ1) is 10.9. The molecule has 1 saturated carbocycles. The highest BCUT2D eigenvalue weighted by atomic mass is 16.5. The summed E-state index contributed by atoms with van der Waals surface area (Å²) in [7, 11) is 0. The molecular weight excluding hydrogens is 292 g/mol. The zero-order valence-electron chi connectivity index (χ0n) is 14.2. The Morgan fingerprint density at radius 3 is 2.57 bits per heavy atom. The number of hydrogen-bond acceptors (Lipinski definition) is 5. The fourth-order valence-corrected chi connectivity index (χ4v) is 4.03. The van der Waals surface area contributed by atoms with Gasteiger partial charge in [-0.25, -0.2) is 0 Å². The van der Waals surface area contributed by atoms with Gasteiger partial charge >= 0.3 is 0 Å². The lowest BCUT2D eigenvalue weighted by Gasteiger charge is -2.14. The van der Waals surface area contributed by atoms with E-state index >= 15 is 0 Å². The molecule has 4 rings (SSSR count). The SMILES string of the molecule is CC1(C)C(c2nnc([C@H]3OCC[C@H]3Cn3cccn3)o2)C1(C)C. The molecule has 3 heterocycles. The Morgan fingerprint density at radius 2 is 1.91 bits per heavy atom. The lowest BCUT2D eigenvalue weighted by Crippen LogP contribution is -2.15. The van der Waals surface area contributed by atoms with Crippen LogP contribution >= 0.6 is 0 Å². The number of hydrogen-bond donors (Lipinski definition) is 0. The molecule has 0 spiro atoms. The Bertz CT molecular complexity index is 675. The predicted octanol–water partition coefficient (Wildman–Crippen LogP) is 3.19. The van der Waals surface area contributed by atoms with Crippen molar-refractivity contribution in [2.45, 2.75) is 52.7 Å². The molecule has 6 heteroatoms. The first kappa shape index (κ1) is 14.9. The smallest absolute Gasteiger partial charge is 0.245 e. The van der Waals surface area contributed by atoms with Crippen LogP contribution in [-0.2, 0) is 11.3 Å². The molecule has 23 heavy (non-hydrogen) atoms. The average Bonchev–Trinajstić information content (AvgIpc) is 3.08. The minimum Gasteiger partial charge on any atom is -0.422 e. The lowest BCUT2D eigenvalue weighted by atomic mass is 10.0. The van der Waals surface area contributed by atoms with E-state index in [0.29, 0.717) is 17.7 Å². The van der Waals surface area contributed by atoms with Crippen LogP contribution < -0.4 is 0 Å². The highest BCUT2D eigenvalue weighted by Gasteiger charge is 2.67. The minimum atomic E-state index is -0.120. The van der Waals surface area contributed by atoms with Gasteiger partial charge in [-0.1, -0.05) is 27.7 Å². The maximum absolute atomic E-state index is 6.04. The molecule has 2 atom stereocenters. The molecule has 0 unspecified atom stereocenters. The van der Waals surface area contributed by atoms with Crippen molar-refractivity contribution in [3.8, 4) is 0 Å². The molecular formula is C17H24N4O2. The molecule has 0 amide bonds. The van der Waals surface area contributed by atoms with Crippen molar-refractivity contribution in [1.82, 2.24) is 20.0 Å². The van der Waals surface area contributed by atoms with Crippen molar-refractivity contribution >= 4 is 0 Å². The van der Waals surface area contributed by atoms with E-state index in [2.05, 4.69) is 43.0 Å². The van der Waals surface area contributed by atoms with Crippen molar-refractivity contribution in [3.63, 3.8) is 0 Å². The van der Waals surface area contributed by atoms with Gasteiger partial charge in [-0.15, -0.1) is 10.2 Å². The van der Waals surface area contributed by atoms with Crippen molar-refractivity contribution in [3.05, 3.63) is 30.2 Å². The molecule has 1 aliphatic heterocycles. The van der Waals surface area contributed by atoms with E-state index in [1.54, 1.807) is 6.20 Å². The van der Waals surface area contributed by atoms with Crippen LogP contribution in [0.5, 0.6) is 0 Å². The topological polar surface area (TPSA) is 66.0 Å². The summed E-state index contributed by atoms with van der Waals surface area (Å²) >= 11 is 0. The van der Waals surface area contributed by atoms with Gasteiger partial charge in [0.15, 0.2) is 0 Å². The molecule has 0 aromatic carbocycles. The largest absolute Gasteiger partial charge is 0.422 e. The fraction of sp³-hybridized carbons (Fsp3) is 0.706. The molecule has 0 bridgehead atoms. The van der Waals surface area contributed by atoms with E-state index in [9.17, 15) is 0 Å².